The average molecular weight is 339 g/mol. The summed E-state index contributed by atoms with van der Waals surface area (Å²) in [6.45, 7) is 0.850. The molecule has 128 valence electrons. The second-order valence-electron chi connectivity index (χ2n) is 5.84. The lowest BCUT2D eigenvalue weighted by Crippen LogP contribution is -2.04. The lowest BCUT2D eigenvalue weighted by molar-refractivity contribution is 0.394. The van der Waals surface area contributed by atoms with Crippen molar-refractivity contribution in [1.29, 1.82) is 0 Å². The molecule has 0 atom stereocenters. The van der Waals surface area contributed by atoms with Crippen LogP contribution in [0.5, 0.6) is 11.5 Å². The van der Waals surface area contributed by atoms with Gasteiger partial charge in [-0.05, 0) is 42.8 Å². The molecule has 0 radical (unpaired) electrons. The van der Waals surface area contributed by atoms with E-state index in [1.807, 2.05) is 22.9 Å². The van der Waals surface area contributed by atoms with E-state index in [0.29, 0.717) is 11.5 Å². The molecule has 0 aliphatic carbocycles. The summed E-state index contributed by atoms with van der Waals surface area (Å²) in [6, 6.07) is 12.0. The number of fused-ring (bicyclic) bond motifs is 1. The predicted molar refractivity (Wildman–Crippen MR) is 94.3 cm³/mol. The SMILES string of the molecule is COc1cc(OC)cc(-c2nn(-c3ccc(F)cc3)c3c2CCN3)c1. The van der Waals surface area contributed by atoms with E-state index in [1.54, 1.807) is 26.4 Å². The van der Waals surface area contributed by atoms with Crippen LogP contribution in [0.4, 0.5) is 10.2 Å². The third-order valence-electron chi connectivity index (χ3n) is 4.35. The zero-order chi connectivity index (χ0) is 17.4. The molecule has 4 rings (SSSR count). The summed E-state index contributed by atoms with van der Waals surface area (Å²) in [5, 5.41) is 8.15. The van der Waals surface area contributed by atoms with Gasteiger partial charge < -0.3 is 14.8 Å². The van der Waals surface area contributed by atoms with E-state index < -0.39 is 0 Å². The monoisotopic (exact) mass is 339 g/mol. The van der Waals surface area contributed by atoms with Gasteiger partial charge in [0.05, 0.1) is 25.6 Å². The van der Waals surface area contributed by atoms with E-state index >= 15 is 0 Å². The normalized spacial score (nSPS) is 12.6. The number of methoxy groups -OCH3 is 2. The average Bonchev–Trinajstić information content (AvgIpc) is 3.24. The summed E-state index contributed by atoms with van der Waals surface area (Å²) < 4.78 is 25.8. The summed E-state index contributed by atoms with van der Waals surface area (Å²) in [5.74, 6) is 2.11. The molecule has 5 nitrogen and oxygen atoms in total. The number of benzene rings is 2. The Balaban J connectivity index is 1.87. The number of nitrogens with zero attached hydrogens (tertiary/aromatic N) is 2. The molecule has 2 heterocycles. The molecule has 0 saturated carbocycles. The molecule has 0 fully saturated rings. The minimum Gasteiger partial charge on any atom is -0.497 e. The zero-order valence-electron chi connectivity index (χ0n) is 14.0. The van der Waals surface area contributed by atoms with Crippen LogP contribution in [-0.2, 0) is 6.42 Å². The highest BCUT2D eigenvalue weighted by molar-refractivity contribution is 5.74. The van der Waals surface area contributed by atoms with Crippen LogP contribution in [0.3, 0.4) is 0 Å². The number of hydrogen-bond acceptors (Lipinski definition) is 4. The molecule has 1 N–H and O–H groups in total. The van der Waals surface area contributed by atoms with Gasteiger partial charge in [-0.15, -0.1) is 0 Å². The number of hydrogen-bond donors (Lipinski definition) is 1. The fraction of sp³-hybridized carbons (Fsp3) is 0.211. The van der Waals surface area contributed by atoms with Crippen molar-refractivity contribution in [3.05, 3.63) is 53.8 Å². The van der Waals surface area contributed by atoms with Crippen molar-refractivity contribution < 1.29 is 13.9 Å². The van der Waals surface area contributed by atoms with Crippen LogP contribution in [0, 0.1) is 5.82 Å². The van der Waals surface area contributed by atoms with Crippen LogP contribution in [0.2, 0.25) is 0 Å². The summed E-state index contributed by atoms with van der Waals surface area (Å²) in [4.78, 5) is 0. The van der Waals surface area contributed by atoms with E-state index in [-0.39, 0.29) is 5.82 Å². The standard InChI is InChI=1S/C19H18FN3O2/c1-24-15-9-12(10-16(11-15)25-2)18-17-7-8-21-19(17)23(22-18)14-5-3-13(20)4-6-14/h3-6,9-11,21H,7-8H2,1-2H3. The van der Waals surface area contributed by atoms with Gasteiger partial charge >= 0.3 is 0 Å². The van der Waals surface area contributed by atoms with E-state index in [1.165, 1.54) is 12.1 Å². The molecule has 0 bridgehead atoms. The van der Waals surface area contributed by atoms with Crippen molar-refractivity contribution >= 4 is 5.82 Å². The molecular formula is C19H18FN3O2. The first-order valence-electron chi connectivity index (χ1n) is 8.05. The number of anilines is 1. The van der Waals surface area contributed by atoms with Crippen LogP contribution < -0.4 is 14.8 Å². The highest BCUT2D eigenvalue weighted by atomic mass is 19.1. The zero-order valence-corrected chi connectivity index (χ0v) is 14.0. The molecule has 0 saturated heterocycles. The van der Waals surface area contributed by atoms with Crippen LogP contribution in [-0.4, -0.2) is 30.5 Å². The Morgan fingerprint density at radius 1 is 1.04 bits per heavy atom. The Kier molecular flexibility index (Phi) is 3.80. The number of ether oxygens (including phenoxy) is 2. The first-order valence-corrected chi connectivity index (χ1v) is 8.05. The summed E-state index contributed by atoms with van der Waals surface area (Å²) in [6.07, 6.45) is 0.880. The first-order chi connectivity index (χ1) is 12.2. The molecule has 1 aliphatic rings. The van der Waals surface area contributed by atoms with Gasteiger partial charge in [-0.25, -0.2) is 9.07 Å². The van der Waals surface area contributed by atoms with Crippen molar-refractivity contribution in [2.45, 2.75) is 6.42 Å². The van der Waals surface area contributed by atoms with Gasteiger partial charge in [-0.2, -0.15) is 5.10 Å². The molecular weight excluding hydrogens is 321 g/mol. The van der Waals surface area contributed by atoms with Gasteiger partial charge in [0, 0.05) is 23.7 Å². The molecule has 0 amide bonds. The first kappa shape index (κ1) is 15.5. The molecule has 0 unspecified atom stereocenters. The van der Waals surface area contributed by atoms with Gasteiger partial charge in [0.15, 0.2) is 0 Å². The van der Waals surface area contributed by atoms with Gasteiger partial charge in [0.25, 0.3) is 0 Å². The minimum absolute atomic E-state index is 0.265. The highest BCUT2D eigenvalue weighted by Gasteiger charge is 2.24. The Bertz CT molecular complexity index is 897. The fourth-order valence-corrected chi connectivity index (χ4v) is 3.12. The largest absolute Gasteiger partial charge is 0.497 e. The smallest absolute Gasteiger partial charge is 0.133 e. The fourth-order valence-electron chi connectivity index (χ4n) is 3.12. The second-order valence-corrected chi connectivity index (χ2v) is 5.84. The predicted octanol–water partition coefficient (Wildman–Crippen LogP) is 3.66. The third-order valence-corrected chi connectivity index (χ3v) is 4.35. The quantitative estimate of drug-likeness (QED) is 0.788. The van der Waals surface area contributed by atoms with Crippen LogP contribution >= 0.6 is 0 Å². The van der Waals surface area contributed by atoms with Crippen molar-refractivity contribution in [2.24, 2.45) is 0 Å². The highest BCUT2D eigenvalue weighted by Crippen LogP contribution is 2.37. The van der Waals surface area contributed by atoms with E-state index in [0.717, 1.165) is 41.3 Å². The van der Waals surface area contributed by atoms with E-state index in [9.17, 15) is 4.39 Å². The van der Waals surface area contributed by atoms with Gasteiger partial charge in [-0.3, -0.25) is 0 Å². The van der Waals surface area contributed by atoms with Crippen LogP contribution in [0.15, 0.2) is 42.5 Å². The summed E-state index contributed by atoms with van der Waals surface area (Å²) in [7, 11) is 3.25. The second kappa shape index (κ2) is 6.12. The lowest BCUT2D eigenvalue weighted by Gasteiger charge is -2.08. The maximum Gasteiger partial charge on any atom is 0.133 e. The number of halogens is 1. The van der Waals surface area contributed by atoms with Crippen molar-refractivity contribution in [1.82, 2.24) is 9.78 Å². The van der Waals surface area contributed by atoms with Gasteiger partial charge in [0.2, 0.25) is 0 Å². The molecule has 6 heteroatoms. The molecule has 3 aromatic rings. The molecule has 25 heavy (non-hydrogen) atoms. The molecule has 2 aromatic carbocycles. The maximum absolute atomic E-state index is 13.2. The third kappa shape index (κ3) is 2.69. The van der Waals surface area contributed by atoms with Crippen molar-refractivity contribution in [2.75, 3.05) is 26.1 Å². The maximum atomic E-state index is 13.2. The Labute approximate surface area is 145 Å². The summed E-state index contributed by atoms with van der Waals surface area (Å²) in [5.41, 5.74) is 3.76. The molecule has 1 aliphatic heterocycles. The topological polar surface area (TPSA) is 48.3 Å². The number of nitrogens with one attached hydrogen (secondary N) is 1. The van der Waals surface area contributed by atoms with Crippen molar-refractivity contribution in [3.63, 3.8) is 0 Å². The summed E-state index contributed by atoms with van der Waals surface area (Å²) >= 11 is 0. The van der Waals surface area contributed by atoms with E-state index in [2.05, 4.69) is 5.32 Å². The van der Waals surface area contributed by atoms with E-state index in [4.69, 9.17) is 14.6 Å². The number of aromatic nitrogens is 2. The Morgan fingerprint density at radius 3 is 2.36 bits per heavy atom. The lowest BCUT2D eigenvalue weighted by atomic mass is 10.1. The van der Waals surface area contributed by atoms with Gasteiger partial charge in [-0.1, -0.05) is 0 Å². The molecule has 0 spiro atoms. The Morgan fingerprint density at radius 2 is 1.72 bits per heavy atom. The minimum atomic E-state index is -0.265. The molecule has 1 aromatic heterocycles. The Hall–Kier alpha value is -3.02. The van der Waals surface area contributed by atoms with Gasteiger partial charge in [0.1, 0.15) is 23.1 Å². The van der Waals surface area contributed by atoms with Crippen LogP contribution in [0.25, 0.3) is 16.9 Å². The number of rotatable bonds is 4. The van der Waals surface area contributed by atoms with Crippen molar-refractivity contribution in [3.8, 4) is 28.4 Å². The van der Waals surface area contributed by atoms with Crippen LogP contribution in [0.1, 0.15) is 5.56 Å².